The molecule has 1 aromatic carbocycles. The lowest BCUT2D eigenvalue weighted by atomic mass is 9.68. The molecule has 36 heavy (non-hydrogen) atoms. The van der Waals surface area contributed by atoms with Gasteiger partial charge in [-0.25, -0.2) is 0 Å². The zero-order chi connectivity index (χ0) is 25.8. The molecule has 0 aliphatic heterocycles. The van der Waals surface area contributed by atoms with E-state index in [1.54, 1.807) is 0 Å². The van der Waals surface area contributed by atoms with Crippen molar-refractivity contribution < 1.29 is 4.18 Å². The predicted octanol–water partition coefficient (Wildman–Crippen LogP) is 11.4. The fourth-order valence-corrected chi connectivity index (χ4v) is 7.28. The average molecular weight is 513 g/mol. The minimum atomic E-state index is -0.466. The third-order valence-corrected chi connectivity index (χ3v) is 10.4. The lowest BCUT2D eigenvalue weighted by Crippen LogP contribution is -2.25. The topological polar surface area (TPSA) is 9.23 Å². The second-order valence-corrected chi connectivity index (χ2v) is 13.6. The number of hydrogen-bond acceptors (Lipinski definition) is 1. The fourth-order valence-electron chi connectivity index (χ4n) is 6.76. The summed E-state index contributed by atoms with van der Waals surface area (Å²) in [6, 6.07) is 7.16. The molecule has 2 fully saturated rings. The van der Waals surface area contributed by atoms with Crippen LogP contribution < -0.4 is 4.18 Å². The van der Waals surface area contributed by atoms with Gasteiger partial charge in [0.1, 0.15) is 5.75 Å². The quantitative estimate of drug-likeness (QED) is 0.168. The van der Waals surface area contributed by atoms with Crippen molar-refractivity contribution in [3.05, 3.63) is 40.8 Å². The number of unbranched alkanes of at least 4 members (excludes halogenated alkanes) is 6. The number of allylic oxidation sites excluding steroid dienone is 1. The number of rotatable bonds is 15. The molecule has 1 aromatic rings. The van der Waals surface area contributed by atoms with Crippen LogP contribution in [0.2, 0.25) is 0 Å². The van der Waals surface area contributed by atoms with E-state index in [9.17, 15) is 0 Å². The van der Waals surface area contributed by atoms with Gasteiger partial charge in [-0.15, -0.1) is 0 Å². The molecular formula is C34H56OS. The first-order chi connectivity index (χ1) is 17.5. The van der Waals surface area contributed by atoms with Gasteiger partial charge in [0.25, 0.3) is 0 Å². The molecule has 0 bridgehead atoms. The molecule has 1 atom stereocenters. The van der Waals surface area contributed by atoms with Crippen molar-refractivity contribution in [1.29, 1.82) is 0 Å². The molecule has 0 saturated heterocycles. The summed E-state index contributed by atoms with van der Waals surface area (Å²) in [7, 11) is -0.466. The Labute approximate surface area is 227 Å². The third-order valence-electron chi connectivity index (χ3n) is 9.24. The molecule has 2 heteroatoms. The monoisotopic (exact) mass is 512 g/mol. The molecule has 1 unspecified atom stereocenters. The van der Waals surface area contributed by atoms with Crippen LogP contribution in [0.4, 0.5) is 0 Å². The van der Waals surface area contributed by atoms with Crippen LogP contribution in [0.1, 0.15) is 147 Å². The molecule has 0 heterocycles. The highest BCUT2D eigenvalue weighted by molar-refractivity contribution is 8.13. The maximum Gasteiger partial charge on any atom is 0.140 e. The first-order valence-corrected chi connectivity index (χ1v) is 16.8. The van der Waals surface area contributed by atoms with Gasteiger partial charge in [-0.05, 0) is 105 Å². The van der Waals surface area contributed by atoms with Gasteiger partial charge in [0, 0.05) is 15.7 Å². The van der Waals surface area contributed by atoms with E-state index in [1.807, 2.05) is 6.92 Å². The molecule has 0 spiro atoms. The Bertz CT molecular complexity index is 795. The van der Waals surface area contributed by atoms with Crippen molar-refractivity contribution in [2.75, 3.05) is 0 Å². The van der Waals surface area contributed by atoms with E-state index in [2.05, 4.69) is 44.5 Å². The molecule has 2 aliphatic carbocycles. The molecule has 2 aliphatic rings. The van der Waals surface area contributed by atoms with E-state index in [1.165, 1.54) is 120 Å². The molecule has 0 radical (unpaired) electrons. The Morgan fingerprint density at radius 2 is 1.44 bits per heavy atom. The Kier molecular flexibility index (Phi) is 13.2. The van der Waals surface area contributed by atoms with Crippen LogP contribution in [-0.4, -0.2) is 5.87 Å². The second kappa shape index (κ2) is 16.1. The normalized spacial score (nSPS) is 25.4. The number of benzene rings is 1. The van der Waals surface area contributed by atoms with E-state index >= 15 is 0 Å². The molecule has 0 N–H and O–H groups in total. The first-order valence-electron chi connectivity index (χ1n) is 15.5. The van der Waals surface area contributed by atoms with Gasteiger partial charge in [-0.3, -0.25) is 0 Å². The van der Waals surface area contributed by atoms with Crippen LogP contribution in [0.3, 0.4) is 0 Å². The van der Waals surface area contributed by atoms with Gasteiger partial charge >= 0.3 is 0 Å². The van der Waals surface area contributed by atoms with E-state index in [0.717, 1.165) is 34.8 Å². The molecule has 0 aromatic heterocycles. The van der Waals surface area contributed by atoms with Crippen LogP contribution >= 0.6 is 10.8 Å². The fraction of sp³-hybridized carbons (Fsp3) is 0.735. The highest BCUT2D eigenvalue weighted by Crippen LogP contribution is 2.45. The van der Waals surface area contributed by atoms with Crippen LogP contribution in [0.5, 0.6) is 5.75 Å². The highest BCUT2D eigenvalue weighted by atomic mass is 32.2. The highest BCUT2D eigenvalue weighted by Gasteiger charge is 2.31. The minimum absolute atomic E-state index is 0.466. The number of aryl methyl sites for hydroxylation is 1. The number of hydrogen-bond donors (Lipinski definition) is 0. The van der Waals surface area contributed by atoms with Crippen LogP contribution in [0.15, 0.2) is 29.7 Å². The summed E-state index contributed by atoms with van der Waals surface area (Å²) in [4.78, 5) is 1.02. The lowest BCUT2D eigenvalue weighted by molar-refractivity contribution is 0.155. The smallest absolute Gasteiger partial charge is 0.140 e. The van der Waals surface area contributed by atoms with Crippen molar-refractivity contribution in [3.8, 4) is 5.75 Å². The Morgan fingerprint density at radius 1 is 0.833 bits per heavy atom. The zero-order valence-electron chi connectivity index (χ0n) is 24.0. The van der Waals surface area contributed by atoms with Gasteiger partial charge < -0.3 is 4.18 Å². The maximum absolute atomic E-state index is 6.40. The summed E-state index contributed by atoms with van der Waals surface area (Å²) in [6.07, 6.45) is 25.0. The Hall–Kier alpha value is -1.02. The van der Waals surface area contributed by atoms with Gasteiger partial charge in [0.15, 0.2) is 0 Å². The summed E-state index contributed by atoms with van der Waals surface area (Å²) in [6.45, 7) is 10.7. The second-order valence-electron chi connectivity index (χ2n) is 12.1. The lowest BCUT2D eigenvalue weighted by Gasteiger charge is -2.38. The largest absolute Gasteiger partial charge is 0.430 e. The molecule has 0 amide bonds. The Balaban J connectivity index is 1.53. The van der Waals surface area contributed by atoms with Crippen molar-refractivity contribution in [1.82, 2.24) is 0 Å². The zero-order valence-corrected chi connectivity index (χ0v) is 24.8. The molecule has 1 nitrogen and oxygen atoms in total. The van der Waals surface area contributed by atoms with Crippen LogP contribution in [-0.2, 0) is 6.42 Å². The summed E-state index contributed by atoms with van der Waals surface area (Å²) in [5, 5.41) is 0. The summed E-state index contributed by atoms with van der Waals surface area (Å²) >= 11 is 0. The van der Waals surface area contributed by atoms with E-state index in [0.29, 0.717) is 5.92 Å². The molecular weight excluding hydrogens is 456 g/mol. The third kappa shape index (κ3) is 9.38. The minimum Gasteiger partial charge on any atom is -0.430 e. The van der Waals surface area contributed by atoms with Gasteiger partial charge in [-0.1, -0.05) is 96.8 Å². The average Bonchev–Trinajstić information content (AvgIpc) is 2.90. The maximum atomic E-state index is 6.40. The molecule has 204 valence electrons. The molecule has 3 rings (SSSR count). The van der Waals surface area contributed by atoms with Crippen LogP contribution in [0, 0.1) is 17.8 Å². The van der Waals surface area contributed by atoms with Crippen molar-refractivity contribution in [3.63, 3.8) is 0 Å². The van der Waals surface area contributed by atoms with Gasteiger partial charge in [0.2, 0.25) is 0 Å². The van der Waals surface area contributed by atoms with Gasteiger partial charge in [-0.2, -0.15) is 0 Å². The summed E-state index contributed by atoms with van der Waals surface area (Å²) < 4.78 is 6.40. The van der Waals surface area contributed by atoms with Crippen molar-refractivity contribution in [2.45, 2.75) is 142 Å². The van der Waals surface area contributed by atoms with Crippen molar-refractivity contribution in [2.24, 2.45) is 17.8 Å². The van der Waals surface area contributed by atoms with E-state index in [-0.39, 0.29) is 0 Å². The Morgan fingerprint density at radius 3 is 2.08 bits per heavy atom. The van der Waals surface area contributed by atoms with Crippen molar-refractivity contribution >= 4 is 16.6 Å². The first kappa shape index (κ1) is 29.5. The standard InChI is InChI=1S/C34H56OS/c1-6-8-10-11-13-15-32-24-25-33(26-34(32)35-36(5)27(3)4)31-22-20-30(21-23-31)29-18-16-28(17-19-29)14-12-9-7-2/h24-26,28-31H,3,5-23H2,1-2,4H3. The van der Waals surface area contributed by atoms with E-state index < -0.39 is 10.8 Å². The SMILES string of the molecule is C=C(C)S(=C)Oc1cc(C2CCC(C3CCC(CCCCC)CC3)CC2)ccc1CCCCCCC. The summed E-state index contributed by atoms with van der Waals surface area (Å²) in [5.74, 6) is 9.02. The molecule has 2 saturated carbocycles. The van der Waals surface area contributed by atoms with Crippen LogP contribution in [0.25, 0.3) is 0 Å². The van der Waals surface area contributed by atoms with Gasteiger partial charge in [0.05, 0.1) is 0 Å². The van der Waals surface area contributed by atoms with E-state index in [4.69, 9.17) is 4.18 Å². The summed E-state index contributed by atoms with van der Waals surface area (Å²) in [5.41, 5.74) is 2.86. The predicted molar refractivity (Wildman–Crippen MR) is 163 cm³/mol.